The van der Waals surface area contributed by atoms with E-state index in [0.717, 1.165) is 18.7 Å². The first-order chi connectivity index (χ1) is 8.26. The van der Waals surface area contributed by atoms with Gasteiger partial charge < -0.3 is 10.3 Å². The van der Waals surface area contributed by atoms with Crippen LogP contribution in [0, 0.1) is 11.3 Å². The first-order valence-corrected chi connectivity index (χ1v) is 5.68. The molecule has 0 amide bonds. The van der Waals surface area contributed by atoms with Crippen LogP contribution in [0.3, 0.4) is 0 Å². The number of hydrogen-bond donors (Lipinski definition) is 1. The van der Waals surface area contributed by atoms with E-state index >= 15 is 0 Å². The lowest BCUT2D eigenvalue weighted by Crippen LogP contribution is -2.05. The number of anilines is 1. The number of aromatic nitrogens is 1. The van der Waals surface area contributed by atoms with Crippen LogP contribution < -0.4 is 5.73 Å². The molecule has 17 heavy (non-hydrogen) atoms. The van der Waals surface area contributed by atoms with Crippen LogP contribution >= 0.6 is 0 Å². The van der Waals surface area contributed by atoms with Crippen LogP contribution in [0.4, 0.5) is 5.69 Å². The van der Waals surface area contributed by atoms with Crippen molar-refractivity contribution in [3.63, 3.8) is 0 Å². The van der Waals surface area contributed by atoms with Gasteiger partial charge in [0.05, 0.1) is 5.69 Å². The largest absolute Gasteiger partial charge is 0.397 e. The van der Waals surface area contributed by atoms with Gasteiger partial charge in [-0.15, -0.1) is 0 Å². The Morgan fingerprint density at radius 1 is 1.29 bits per heavy atom. The van der Waals surface area contributed by atoms with Crippen LogP contribution in [0.15, 0.2) is 36.4 Å². The standard InChI is InChI=1S/C14H15N3/c1-2-17-12(10-15)9-13(16)14(17)8-11-6-4-3-5-7-11/h3-7,9H,2,8,16H2,1H3. The molecular formula is C14H15N3. The average Bonchev–Trinajstić information content (AvgIpc) is 2.67. The Morgan fingerprint density at radius 3 is 2.59 bits per heavy atom. The molecule has 2 N–H and O–H groups in total. The molecule has 0 saturated heterocycles. The second-order valence-corrected chi connectivity index (χ2v) is 3.95. The molecule has 3 nitrogen and oxygen atoms in total. The monoisotopic (exact) mass is 225 g/mol. The summed E-state index contributed by atoms with van der Waals surface area (Å²) in [4.78, 5) is 0. The maximum absolute atomic E-state index is 9.03. The van der Waals surface area contributed by atoms with E-state index in [1.54, 1.807) is 6.07 Å². The summed E-state index contributed by atoms with van der Waals surface area (Å²) in [5.74, 6) is 0. The summed E-state index contributed by atoms with van der Waals surface area (Å²) >= 11 is 0. The van der Waals surface area contributed by atoms with Crippen LogP contribution in [-0.4, -0.2) is 4.57 Å². The smallest absolute Gasteiger partial charge is 0.122 e. The predicted molar refractivity (Wildman–Crippen MR) is 68.5 cm³/mol. The van der Waals surface area contributed by atoms with Crippen molar-refractivity contribution in [3.8, 4) is 6.07 Å². The first-order valence-electron chi connectivity index (χ1n) is 5.68. The van der Waals surface area contributed by atoms with Crippen molar-refractivity contribution in [1.82, 2.24) is 4.57 Å². The lowest BCUT2D eigenvalue weighted by Gasteiger charge is -2.08. The molecule has 0 saturated carbocycles. The first kappa shape index (κ1) is 11.3. The van der Waals surface area contributed by atoms with Gasteiger partial charge in [0, 0.05) is 18.7 Å². The third kappa shape index (κ3) is 2.16. The van der Waals surface area contributed by atoms with Crippen molar-refractivity contribution in [2.24, 2.45) is 0 Å². The van der Waals surface area contributed by atoms with Crippen molar-refractivity contribution in [1.29, 1.82) is 5.26 Å². The molecule has 86 valence electrons. The third-order valence-corrected chi connectivity index (χ3v) is 2.89. The molecule has 0 bridgehead atoms. The molecule has 0 unspecified atom stereocenters. The van der Waals surface area contributed by atoms with Gasteiger partial charge in [0.2, 0.25) is 0 Å². The minimum atomic E-state index is 0.635. The summed E-state index contributed by atoms with van der Waals surface area (Å²) in [6.45, 7) is 2.79. The fourth-order valence-electron chi connectivity index (χ4n) is 2.05. The highest BCUT2D eigenvalue weighted by Crippen LogP contribution is 2.21. The predicted octanol–water partition coefficient (Wildman–Crippen LogP) is 2.55. The normalized spacial score (nSPS) is 10.1. The van der Waals surface area contributed by atoms with Crippen molar-refractivity contribution in [2.75, 3.05) is 5.73 Å². The maximum atomic E-state index is 9.03. The molecule has 0 aliphatic heterocycles. The Kier molecular flexibility index (Phi) is 3.15. The highest BCUT2D eigenvalue weighted by molar-refractivity contribution is 5.52. The van der Waals surface area contributed by atoms with Crippen LogP contribution in [-0.2, 0) is 13.0 Å². The quantitative estimate of drug-likeness (QED) is 0.872. The number of nitrogens with two attached hydrogens (primary N) is 1. The van der Waals surface area contributed by atoms with Gasteiger partial charge in [-0.25, -0.2) is 0 Å². The van der Waals surface area contributed by atoms with Gasteiger partial charge in [-0.05, 0) is 18.6 Å². The van der Waals surface area contributed by atoms with E-state index in [1.807, 2.05) is 29.7 Å². The lowest BCUT2D eigenvalue weighted by molar-refractivity contribution is 0.719. The Bertz CT molecular complexity index is 547. The molecule has 0 radical (unpaired) electrons. The topological polar surface area (TPSA) is 54.7 Å². The Balaban J connectivity index is 2.39. The minimum Gasteiger partial charge on any atom is -0.397 e. The van der Waals surface area contributed by atoms with Crippen LogP contribution in [0.1, 0.15) is 23.9 Å². The van der Waals surface area contributed by atoms with Gasteiger partial charge in [0.1, 0.15) is 11.8 Å². The molecule has 2 aromatic rings. The number of nitrogens with zero attached hydrogens (tertiary/aromatic N) is 2. The van der Waals surface area contributed by atoms with Crippen molar-refractivity contribution in [2.45, 2.75) is 19.9 Å². The van der Waals surface area contributed by atoms with E-state index in [9.17, 15) is 0 Å². The fourth-order valence-corrected chi connectivity index (χ4v) is 2.05. The van der Waals surface area contributed by atoms with E-state index in [0.29, 0.717) is 11.4 Å². The van der Waals surface area contributed by atoms with E-state index in [-0.39, 0.29) is 0 Å². The number of hydrogen-bond acceptors (Lipinski definition) is 2. The van der Waals surface area contributed by atoms with Crippen molar-refractivity contribution >= 4 is 5.69 Å². The maximum Gasteiger partial charge on any atom is 0.122 e. The molecule has 0 aliphatic rings. The number of benzene rings is 1. The second kappa shape index (κ2) is 4.75. The third-order valence-electron chi connectivity index (χ3n) is 2.89. The van der Waals surface area contributed by atoms with Crippen LogP contribution in [0.25, 0.3) is 0 Å². The molecule has 3 heteroatoms. The highest BCUT2D eigenvalue weighted by atomic mass is 15.0. The molecule has 2 rings (SSSR count). The summed E-state index contributed by atoms with van der Waals surface area (Å²) in [5.41, 5.74) is 9.53. The van der Waals surface area contributed by atoms with Crippen molar-refractivity contribution < 1.29 is 0 Å². The number of rotatable bonds is 3. The fraction of sp³-hybridized carbons (Fsp3) is 0.214. The van der Waals surface area contributed by atoms with E-state index < -0.39 is 0 Å². The zero-order chi connectivity index (χ0) is 12.3. The van der Waals surface area contributed by atoms with Crippen molar-refractivity contribution in [3.05, 3.63) is 53.3 Å². The van der Waals surface area contributed by atoms with Gasteiger partial charge >= 0.3 is 0 Å². The van der Waals surface area contributed by atoms with E-state index in [2.05, 4.69) is 18.2 Å². The van der Waals surface area contributed by atoms with E-state index in [4.69, 9.17) is 11.0 Å². The molecule has 1 aromatic carbocycles. The number of nitrogen functional groups attached to an aromatic ring is 1. The summed E-state index contributed by atoms with van der Waals surface area (Å²) < 4.78 is 1.97. The molecule has 0 aliphatic carbocycles. The van der Waals surface area contributed by atoms with Crippen LogP contribution in [0.5, 0.6) is 0 Å². The molecule has 1 aromatic heterocycles. The summed E-state index contributed by atoms with van der Waals surface area (Å²) in [6, 6.07) is 14.1. The van der Waals surface area contributed by atoms with Crippen LogP contribution in [0.2, 0.25) is 0 Å². The minimum absolute atomic E-state index is 0.635. The molecule has 0 atom stereocenters. The Morgan fingerprint density at radius 2 is 2.00 bits per heavy atom. The molecular weight excluding hydrogens is 210 g/mol. The SMILES string of the molecule is CCn1c(C#N)cc(N)c1Cc1ccccc1. The van der Waals surface area contributed by atoms with Gasteiger partial charge in [0.25, 0.3) is 0 Å². The average molecular weight is 225 g/mol. The molecule has 1 heterocycles. The zero-order valence-corrected chi connectivity index (χ0v) is 9.85. The van der Waals surface area contributed by atoms with Gasteiger partial charge in [-0.3, -0.25) is 0 Å². The Labute approximate surface area is 101 Å². The second-order valence-electron chi connectivity index (χ2n) is 3.95. The van der Waals surface area contributed by atoms with E-state index in [1.165, 1.54) is 5.56 Å². The highest BCUT2D eigenvalue weighted by Gasteiger charge is 2.11. The molecule has 0 spiro atoms. The van der Waals surface area contributed by atoms with Gasteiger partial charge in [0.15, 0.2) is 0 Å². The Hall–Kier alpha value is -2.21. The lowest BCUT2D eigenvalue weighted by atomic mass is 10.1. The zero-order valence-electron chi connectivity index (χ0n) is 9.85. The summed E-state index contributed by atoms with van der Waals surface area (Å²) in [7, 11) is 0. The molecule has 0 fully saturated rings. The number of nitriles is 1. The van der Waals surface area contributed by atoms with Gasteiger partial charge in [-0.2, -0.15) is 5.26 Å². The van der Waals surface area contributed by atoms with Gasteiger partial charge in [-0.1, -0.05) is 30.3 Å². The summed E-state index contributed by atoms with van der Waals surface area (Å²) in [6.07, 6.45) is 0.766. The summed E-state index contributed by atoms with van der Waals surface area (Å²) in [5, 5.41) is 9.03.